The van der Waals surface area contributed by atoms with E-state index < -0.39 is 5.91 Å². The van der Waals surface area contributed by atoms with Crippen molar-refractivity contribution < 1.29 is 9.53 Å². The molecule has 1 unspecified atom stereocenters. The van der Waals surface area contributed by atoms with E-state index in [0.717, 1.165) is 27.8 Å². The fourth-order valence-corrected chi connectivity index (χ4v) is 3.83. The van der Waals surface area contributed by atoms with Crippen molar-refractivity contribution in [2.45, 2.75) is 26.3 Å². The summed E-state index contributed by atoms with van der Waals surface area (Å²) in [5.41, 5.74) is 3.28. The smallest absolute Gasteiger partial charge is 0.270 e. The number of hydrogen-bond acceptors (Lipinski definition) is 4. The minimum atomic E-state index is -0.422. The fourth-order valence-electron chi connectivity index (χ4n) is 3.83. The largest absolute Gasteiger partial charge is 0.497 e. The zero-order chi connectivity index (χ0) is 21.4. The van der Waals surface area contributed by atoms with Crippen molar-refractivity contribution in [3.63, 3.8) is 0 Å². The van der Waals surface area contributed by atoms with Crippen molar-refractivity contribution in [1.82, 2.24) is 19.3 Å². The summed E-state index contributed by atoms with van der Waals surface area (Å²) in [5.74, 6) is 0.367. The molecule has 30 heavy (non-hydrogen) atoms. The summed E-state index contributed by atoms with van der Waals surface area (Å²) in [6, 6.07) is 9.42. The number of benzene rings is 1. The highest BCUT2D eigenvalue weighted by Crippen LogP contribution is 2.26. The maximum atomic E-state index is 12.8. The molecule has 7 heteroatoms. The molecule has 0 aliphatic heterocycles. The Labute approximate surface area is 173 Å². The number of aryl methyl sites for hydroxylation is 2. The van der Waals surface area contributed by atoms with Crippen LogP contribution in [0, 0.1) is 6.92 Å². The third-order valence-corrected chi connectivity index (χ3v) is 5.35. The first-order valence-electron chi connectivity index (χ1n) is 9.79. The molecular weight excluding hydrogens is 380 g/mol. The lowest BCUT2D eigenvalue weighted by Crippen LogP contribution is -2.38. The Hall–Kier alpha value is -3.61. The van der Waals surface area contributed by atoms with Crippen LogP contribution in [0.5, 0.6) is 5.75 Å². The molecule has 4 rings (SSSR count). The standard InChI is InChI=1S/C23H24N4O3/c1-14-6-5-9-27-21(14)24-12-19(23(27)29)22(28)25-15(2)10-16-13-26(3)20-8-7-17(30-4)11-18(16)20/h5-9,11-13,15H,10H2,1-4H3,(H,25,28). The number of carbonyl (C=O) groups is 1. The predicted molar refractivity (Wildman–Crippen MR) is 116 cm³/mol. The highest BCUT2D eigenvalue weighted by Gasteiger charge is 2.18. The van der Waals surface area contributed by atoms with Gasteiger partial charge >= 0.3 is 0 Å². The number of carbonyl (C=O) groups excluding carboxylic acids is 1. The third kappa shape index (κ3) is 3.43. The summed E-state index contributed by atoms with van der Waals surface area (Å²) in [5, 5.41) is 4.02. The van der Waals surface area contributed by atoms with Crippen LogP contribution in [-0.4, -0.2) is 33.0 Å². The van der Waals surface area contributed by atoms with E-state index in [4.69, 9.17) is 4.74 Å². The van der Waals surface area contributed by atoms with E-state index in [1.807, 2.05) is 45.2 Å². The third-order valence-electron chi connectivity index (χ3n) is 5.35. The molecule has 0 aliphatic carbocycles. The highest BCUT2D eigenvalue weighted by atomic mass is 16.5. The zero-order valence-electron chi connectivity index (χ0n) is 17.5. The second-order valence-electron chi connectivity index (χ2n) is 7.59. The monoisotopic (exact) mass is 404 g/mol. The van der Waals surface area contributed by atoms with Crippen LogP contribution in [-0.2, 0) is 13.5 Å². The summed E-state index contributed by atoms with van der Waals surface area (Å²) >= 11 is 0. The molecule has 0 radical (unpaired) electrons. The van der Waals surface area contributed by atoms with E-state index >= 15 is 0 Å². The van der Waals surface area contributed by atoms with Crippen LogP contribution < -0.4 is 15.6 Å². The molecule has 1 amide bonds. The molecular formula is C23H24N4O3. The van der Waals surface area contributed by atoms with Gasteiger partial charge in [0, 0.05) is 42.6 Å². The maximum Gasteiger partial charge on any atom is 0.270 e. The lowest BCUT2D eigenvalue weighted by molar-refractivity contribution is 0.0938. The molecule has 0 aliphatic rings. The summed E-state index contributed by atoms with van der Waals surface area (Å²) in [7, 11) is 3.63. The molecule has 1 atom stereocenters. The molecule has 154 valence electrons. The van der Waals surface area contributed by atoms with Gasteiger partial charge in [-0.1, -0.05) is 6.07 Å². The number of amides is 1. The van der Waals surface area contributed by atoms with E-state index in [2.05, 4.69) is 21.1 Å². The Bertz CT molecular complexity index is 1320. The molecule has 7 nitrogen and oxygen atoms in total. The van der Waals surface area contributed by atoms with Gasteiger partial charge in [0.15, 0.2) is 0 Å². The summed E-state index contributed by atoms with van der Waals surface area (Å²) in [6.07, 6.45) is 5.66. The van der Waals surface area contributed by atoms with E-state index in [1.54, 1.807) is 19.4 Å². The van der Waals surface area contributed by atoms with Gasteiger partial charge in [0.1, 0.15) is 17.0 Å². The van der Waals surface area contributed by atoms with E-state index in [1.165, 1.54) is 10.6 Å². The first kappa shape index (κ1) is 19.7. The average molecular weight is 404 g/mol. The van der Waals surface area contributed by atoms with Crippen molar-refractivity contribution >= 4 is 22.5 Å². The van der Waals surface area contributed by atoms with Gasteiger partial charge in [-0.25, -0.2) is 4.98 Å². The van der Waals surface area contributed by atoms with Gasteiger partial charge < -0.3 is 14.6 Å². The van der Waals surface area contributed by atoms with Gasteiger partial charge in [-0.05, 0) is 55.7 Å². The number of rotatable bonds is 5. The lowest BCUT2D eigenvalue weighted by Gasteiger charge is -2.14. The van der Waals surface area contributed by atoms with Gasteiger partial charge in [0.25, 0.3) is 11.5 Å². The van der Waals surface area contributed by atoms with Crippen LogP contribution in [0.4, 0.5) is 0 Å². The molecule has 0 saturated carbocycles. The molecule has 0 saturated heterocycles. The maximum absolute atomic E-state index is 12.8. The number of methoxy groups -OCH3 is 1. The molecule has 3 aromatic heterocycles. The molecule has 4 aromatic rings. The number of nitrogens with zero attached hydrogens (tertiary/aromatic N) is 3. The first-order chi connectivity index (χ1) is 14.4. The minimum Gasteiger partial charge on any atom is -0.497 e. The number of fused-ring (bicyclic) bond motifs is 2. The molecule has 1 N–H and O–H groups in total. The SMILES string of the molecule is COc1ccc2c(c1)c(CC(C)NC(=O)c1cnc3c(C)cccn3c1=O)cn2C. The Morgan fingerprint density at radius 1 is 1.30 bits per heavy atom. The van der Waals surface area contributed by atoms with E-state index in [-0.39, 0.29) is 17.2 Å². The Morgan fingerprint density at radius 3 is 2.87 bits per heavy atom. The van der Waals surface area contributed by atoms with Crippen LogP contribution in [0.15, 0.2) is 53.7 Å². The summed E-state index contributed by atoms with van der Waals surface area (Å²) < 4.78 is 8.81. The number of ether oxygens (including phenoxy) is 1. The molecule has 0 spiro atoms. The van der Waals surface area contributed by atoms with Crippen LogP contribution in [0.25, 0.3) is 16.6 Å². The van der Waals surface area contributed by atoms with Gasteiger partial charge in [-0.2, -0.15) is 0 Å². The van der Waals surface area contributed by atoms with Crippen molar-refractivity contribution in [2.75, 3.05) is 7.11 Å². The van der Waals surface area contributed by atoms with E-state index in [0.29, 0.717) is 12.1 Å². The Morgan fingerprint density at radius 2 is 2.10 bits per heavy atom. The second-order valence-corrected chi connectivity index (χ2v) is 7.59. The fraction of sp³-hybridized carbons (Fsp3) is 0.261. The van der Waals surface area contributed by atoms with Crippen LogP contribution in [0.1, 0.15) is 28.4 Å². The molecule has 1 aromatic carbocycles. The molecule has 3 heterocycles. The summed E-state index contributed by atoms with van der Waals surface area (Å²) in [4.78, 5) is 29.8. The quantitative estimate of drug-likeness (QED) is 0.555. The van der Waals surface area contributed by atoms with Crippen LogP contribution in [0.3, 0.4) is 0 Å². The zero-order valence-corrected chi connectivity index (χ0v) is 17.5. The molecule has 0 fully saturated rings. The van der Waals surface area contributed by atoms with Gasteiger partial charge in [0.2, 0.25) is 0 Å². The van der Waals surface area contributed by atoms with Crippen molar-refractivity contribution in [1.29, 1.82) is 0 Å². The van der Waals surface area contributed by atoms with Crippen LogP contribution in [0.2, 0.25) is 0 Å². The number of nitrogens with one attached hydrogen (secondary N) is 1. The van der Waals surface area contributed by atoms with Crippen molar-refractivity contribution in [2.24, 2.45) is 7.05 Å². The predicted octanol–water partition coefficient (Wildman–Crippen LogP) is 2.86. The number of aromatic nitrogens is 3. The lowest BCUT2D eigenvalue weighted by atomic mass is 10.1. The second kappa shape index (κ2) is 7.67. The number of hydrogen-bond donors (Lipinski definition) is 1. The average Bonchev–Trinajstić information content (AvgIpc) is 3.03. The first-order valence-corrected chi connectivity index (χ1v) is 9.79. The van der Waals surface area contributed by atoms with Crippen LogP contribution >= 0.6 is 0 Å². The minimum absolute atomic E-state index is 0.0320. The topological polar surface area (TPSA) is 77.6 Å². The highest BCUT2D eigenvalue weighted by molar-refractivity contribution is 5.94. The summed E-state index contributed by atoms with van der Waals surface area (Å²) in [6.45, 7) is 3.80. The molecule has 0 bridgehead atoms. The van der Waals surface area contributed by atoms with E-state index in [9.17, 15) is 9.59 Å². The van der Waals surface area contributed by atoms with Crippen molar-refractivity contribution in [3.8, 4) is 5.75 Å². The number of pyridine rings is 1. The van der Waals surface area contributed by atoms with Gasteiger partial charge in [-0.15, -0.1) is 0 Å². The van der Waals surface area contributed by atoms with Gasteiger partial charge in [-0.3, -0.25) is 14.0 Å². The Kier molecular flexibility index (Phi) is 5.03. The normalized spacial score (nSPS) is 12.3. The Balaban J connectivity index is 1.58. The van der Waals surface area contributed by atoms with Gasteiger partial charge in [0.05, 0.1) is 7.11 Å². The van der Waals surface area contributed by atoms with Crippen molar-refractivity contribution in [3.05, 3.63) is 76.0 Å².